The first-order chi connectivity index (χ1) is 9.72. The number of benzene rings is 1. The third-order valence-electron chi connectivity index (χ3n) is 4.37. The summed E-state index contributed by atoms with van der Waals surface area (Å²) in [5, 5.41) is 9.55. The highest BCUT2D eigenvalue weighted by Gasteiger charge is 2.32. The van der Waals surface area contributed by atoms with E-state index >= 15 is 0 Å². The Morgan fingerprint density at radius 2 is 1.65 bits per heavy atom. The van der Waals surface area contributed by atoms with E-state index in [4.69, 9.17) is 0 Å². The van der Waals surface area contributed by atoms with E-state index in [-0.39, 0.29) is 0 Å². The van der Waals surface area contributed by atoms with E-state index in [1.165, 1.54) is 25.7 Å². The third kappa shape index (κ3) is 3.83. The lowest BCUT2D eigenvalue weighted by Gasteiger charge is -2.26. The summed E-state index contributed by atoms with van der Waals surface area (Å²) in [6, 6.07) is 9.67. The molecule has 2 aliphatic rings. The standard InChI is InChI=1S/C17H23NO2/c19-17(20)16(15-4-2-1-3-5-15)12-18(10-13-6-7-13)11-14-8-9-14/h1-5,13-14,16H,6-12H2,(H,19,20). The van der Waals surface area contributed by atoms with Gasteiger partial charge in [-0.2, -0.15) is 0 Å². The largest absolute Gasteiger partial charge is 0.481 e. The molecule has 1 aromatic rings. The molecule has 1 unspecified atom stereocenters. The molecule has 1 atom stereocenters. The van der Waals surface area contributed by atoms with Gasteiger partial charge in [0, 0.05) is 19.6 Å². The molecule has 0 aliphatic heterocycles. The van der Waals surface area contributed by atoms with Crippen molar-refractivity contribution in [3.8, 4) is 0 Å². The van der Waals surface area contributed by atoms with Gasteiger partial charge >= 0.3 is 5.97 Å². The van der Waals surface area contributed by atoms with Crippen LogP contribution in [0.4, 0.5) is 0 Å². The van der Waals surface area contributed by atoms with E-state index in [2.05, 4.69) is 4.90 Å². The van der Waals surface area contributed by atoms with Crippen LogP contribution in [-0.2, 0) is 4.79 Å². The third-order valence-corrected chi connectivity index (χ3v) is 4.37. The van der Waals surface area contributed by atoms with E-state index in [1.54, 1.807) is 0 Å². The zero-order valence-corrected chi connectivity index (χ0v) is 11.9. The van der Waals surface area contributed by atoms with Crippen molar-refractivity contribution in [3.63, 3.8) is 0 Å². The summed E-state index contributed by atoms with van der Waals surface area (Å²) in [7, 11) is 0. The Labute approximate surface area is 120 Å². The number of nitrogens with zero attached hydrogens (tertiary/aromatic N) is 1. The van der Waals surface area contributed by atoms with Crippen LogP contribution in [0.2, 0.25) is 0 Å². The first-order valence-electron chi connectivity index (χ1n) is 7.72. The Balaban J connectivity index is 1.67. The van der Waals surface area contributed by atoms with Crippen molar-refractivity contribution in [3.05, 3.63) is 35.9 Å². The van der Waals surface area contributed by atoms with Crippen LogP contribution < -0.4 is 0 Å². The zero-order valence-electron chi connectivity index (χ0n) is 11.9. The first-order valence-corrected chi connectivity index (χ1v) is 7.72. The molecular weight excluding hydrogens is 250 g/mol. The average molecular weight is 273 g/mol. The molecular formula is C17H23NO2. The molecule has 2 saturated carbocycles. The lowest BCUT2D eigenvalue weighted by Crippen LogP contribution is -2.35. The highest BCUT2D eigenvalue weighted by Crippen LogP contribution is 2.34. The fourth-order valence-electron chi connectivity index (χ4n) is 2.82. The monoisotopic (exact) mass is 273 g/mol. The molecule has 0 spiro atoms. The maximum absolute atomic E-state index is 11.6. The molecule has 108 valence electrons. The van der Waals surface area contributed by atoms with Crippen LogP contribution in [0.25, 0.3) is 0 Å². The summed E-state index contributed by atoms with van der Waals surface area (Å²) in [5.74, 6) is 0.541. The van der Waals surface area contributed by atoms with Crippen molar-refractivity contribution >= 4 is 5.97 Å². The minimum atomic E-state index is -0.701. The van der Waals surface area contributed by atoms with Gasteiger partial charge in [-0.05, 0) is 43.1 Å². The molecule has 0 heterocycles. The Morgan fingerprint density at radius 1 is 1.10 bits per heavy atom. The quantitative estimate of drug-likeness (QED) is 0.791. The number of hydrogen-bond acceptors (Lipinski definition) is 2. The van der Waals surface area contributed by atoms with Crippen molar-refractivity contribution in [2.75, 3.05) is 19.6 Å². The SMILES string of the molecule is O=C(O)C(CN(CC1CC1)CC1CC1)c1ccccc1. The predicted molar refractivity (Wildman–Crippen MR) is 78.7 cm³/mol. The molecule has 0 amide bonds. The van der Waals surface area contributed by atoms with E-state index in [0.29, 0.717) is 6.54 Å². The summed E-state index contributed by atoms with van der Waals surface area (Å²) < 4.78 is 0. The van der Waals surface area contributed by atoms with Crippen molar-refractivity contribution in [1.29, 1.82) is 0 Å². The second kappa shape index (κ2) is 5.96. The first kappa shape index (κ1) is 13.6. The Morgan fingerprint density at radius 3 is 2.10 bits per heavy atom. The fraction of sp³-hybridized carbons (Fsp3) is 0.588. The summed E-state index contributed by atoms with van der Waals surface area (Å²) >= 11 is 0. The Bertz CT molecular complexity index is 437. The topological polar surface area (TPSA) is 40.5 Å². The molecule has 0 radical (unpaired) electrons. The molecule has 0 bridgehead atoms. The fourth-order valence-corrected chi connectivity index (χ4v) is 2.82. The van der Waals surface area contributed by atoms with Crippen LogP contribution in [0.5, 0.6) is 0 Å². The summed E-state index contributed by atoms with van der Waals surface area (Å²) in [4.78, 5) is 14.0. The van der Waals surface area contributed by atoms with E-state index in [0.717, 1.165) is 30.5 Å². The van der Waals surface area contributed by atoms with Crippen molar-refractivity contribution in [2.45, 2.75) is 31.6 Å². The van der Waals surface area contributed by atoms with Gasteiger partial charge in [0.05, 0.1) is 5.92 Å². The van der Waals surface area contributed by atoms with E-state index in [1.807, 2.05) is 30.3 Å². The Kier molecular flexibility index (Phi) is 4.06. The summed E-state index contributed by atoms with van der Waals surface area (Å²) in [6.07, 6.45) is 5.29. The number of aliphatic carboxylic acids is 1. The van der Waals surface area contributed by atoms with Crippen molar-refractivity contribution in [1.82, 2.24) is 4.90 Å². The summed E-state index contributed by atoms with van der Waals surface area (Å²) in [6.45, 7) is 2.84. The van der Waals surface area contributed by atoms with Gasteiger partial charge < -0.3 is 10.0 Å². The highest BCUT2D eigenvalue weighted by molar-refractivity contribution is 5.76. The van der Waals surface area contributed by atoms with Gasteiger partial charge in [0.25, 0.3) is 0 Å². The predicted octanol–water partition coefficient (Wildman–Crippen LogP) is 2.98. The minimum absolute atomic E-state index is 0.395. The smallest absolute Gasteiger partial charge is 0.312 e. The molecule has 3 nitrogen and oxygen atoms in total. The molecule has 20 heavy (non-hydrogen) atoms. The van der Waals surface area contributed by atoms with Gasteiger partial charge in [0.1, 0.15) is 0 Å². The minimum Gasteiger partial charge on any atom is -0.481 e. The lowest BCUT2D eigenvalue weighted by molar-refractivity contribution is -0.139. The van der Waals surface area contributed by atoms with Crippen LogP contribution in [0, 0.1) is 11.8 Å². The number of carboxylic acid groups (broad SMARTS) is 1. The average Bonchev–Trinajstić information content (AvgIpc) is 3.32. The number of rotatable bonds is 8. The Hall–Kier alpha value is -1.35. The number of carboxylic acids is 1. The van der Waals surface area contributed by atoms with E-state index in [9.17, 15) is 9.90 Å². The normalized spacial score (nSPS) is 20.1. The molecule has 1 N–H and O–H groups in total. The molecule has 3 rings (SSSR count). The summed E-state index contributed by atoms with van der Waals surface area (Å²) in [5.41, 5.74) is 0.927. The zero-order chi connectivity index (χ0) is 13.9. The van der Waals surface area contributed by atoms with Crippen LogP contribution in [0.15, 0.2) is 30.3 Å². The number of hydrogen-bond donors (Lipinski definition) is 1. The molecule has 0 saturated heterocycles. The lowest BCUT2D eigenvalue weighted by atomic mass is 9.98. The highest BCUT2D eigenvalue weighted by atomic mass is 16.4. The van der Waals surface area contributed by atoms with Crippen LogP contribution in [0.1, 0.15) is 37.2 Å². The second-order valence-electron chi connectivity index (χ2n) is 6.41. The van der Waals surface area contributed by atoms with Gasteiger partial charge in [-0.3, -0.25) is 4.79 Å². The molecule has 2 fully saturated rings. The van der Waals surface area contributed by atoms with Crippen LogP contribution in [-0.4, -0.2) is 35.6 Å². The van der Waals surface area contributed by atoms with Gasteiger partial charge in [-0.25, -0.2) is 0 Å². The van der Waals surface area contributed by atoms with Gasteiger partial charge in [0.15, 0.2) is 0 Å². The van der Waals surface area contributed by atoms with Crippen LogP contribution >= 0.6 is 0 Å². The number of carbonyl (C=O) groups is 1. The van der Waals surface area contributed by atoms with Crippen molar-refractivity contribution < 1.29 is 9.90 Å². The van der Waals surface area contributed by atoms with Gasteiger partial charge in [-0.15, -0.1) is 0 Å². The molecule has 0 aromatic heterocycles. The van der Waals surface area contributed by atoms with Crippen LogP contribution in [0.3, 0.4) is 0 Å². The van der Waals surface area contributed by atoms with E-state index < -0.39 is 11.9 Å². The van der Waals surface area contributed by atoms with Gasteiger partial charge in [0.2, 0.25) is 0 Å². The molecule has 2 aliphatic carbocycles. The molecule has 1 aromatic carbocycles. The maximum Gasteiger partial charge on any atom is 0.312 e. The maximum atomic E-state index is 11.6. The second-order valence-corrected chi connectivity index (χ2v) is 6.41. The van der Waals surface area contributed by atoms with Crippen molar-refractivity contribution in [2.24, 2.45) is 11.8 Å². The van der Waals surface area contributed by atoms with Gasteiger partial charge in [-0.1, -0.05) is 30.3 Å². The molecule has 3 heteroatoms.